The molecule has 2 N–H and O–H groups in total. The van der Waals surface area contributed by atoms with Crippen LogP contribution in [0.3, 0.4) is 0 Å². The second kappa shape index (κ2) is 8.58. The maximum atomic E-state index is 12.9. The first-order valence-electron chi connectivity index (χ1n) is 9.50. The first kappa shape index (κ1) is 20.1. The third-order valence-electron chi connectivity index (χ3n) is 5.09. The van der Waals surface area contributed by atoms with E-state index in [1.54, 1.807) is 32.0 Å². The van der Waals surface area contributed by atoms with E-state index < -0.39 is 0 Å². The van der Waals surface area contributed by atoms with E-state index in [1.807, 2.05) is 17.9 Å². The maximum Gasteiger partial charge on any atom is 0.259 e. The number of rotatable bonds is 5. The summed E-state index contributed by atoms with van der Waals surface area (Å²) in [5.41, 5.74) is 2.55. The van der Waals surface area contributed by atoms with Crippen LogP contribution >= 0.6 is 0 Å². The highest BCUT2D eigenvalue weighted by Crippen LogP contribution is 2.21. The smallest absolute Gasteiger partial charge is 0.259 e. The molecule has 3 rings (SSSR count). The van der Waals surface area contributed by atoms with Gasteiger partial charge in [-0.1, -0.05) is 6.07 Å². The maximum absolute atomic E-state index is 12.9. The number of carbonyl (C=O) groups is 2. The topological polar surface area (TPSA) is 86.0 Å². The molecule has 0 atom stereocenters. The zero-order chi connectivity index (χ0) is 20.3. The van der Waals surface area contributed by atoms with Crippen molar-refractivity contribution in [3.05, 3.63) is 52.5 Å². The number of aliphatic hydroxyl groups is 1. The summed E-state index contributed by atoms with van der Waals surface area (Å²) in [6.45, 7) is 8.97. The number of aryl methyl sites for hydroxylation is 3. The van der Waals surface area contributed by atoms with E-state index in [0.717, 1.165) is 18.7 Å². The lowest BCUT2D eigenvalue weighted by Crippen LogP contribution is -2.49. The summed E-state index contributed by atoms with van der Waals surface area (Å²) in [4.78, 5) is 29.4. The Labute approximate surface area is 164 Å². The summed E-state index contributed by atoms with van der Waals surface area (Å²) in [6.07, 6.45) is 0. The molecule has 1 aliphatic rings. The van der Waals surface area contributed by atoms with Crippen molar-refractivity contribution in [1.82, 2.24) is 9.80 Å². The van der Waals surface area contributed by atoms with Crippen LogP contribution in [0.2, 0.25) is 0 Å². The molecule has 7 heteroatoms. The summed E-state index contributed by atoms with van der Waals surface area (Å²) in [5.74, 6) is 0.957. The van der Waals surface area contributed by atoms with E-state index in [4.69, 9.17) is 9.52 Å². The molecule has 1 aliphatic heterocycles. The summed E-state index contributed by atoms with van der Waals surface area (Å²) >= 11 is 0. The molecule has 1 aromatic heterocycles. The summed E-state index contributed by atoms with van der Waals surface area (Å²) in [5, 5.41) is 11.9. The van der Waals surface area contributed by atoms with Crippen LogP contribution in [0.25, 0.3) is 0 Å². The number of β-amino-alcohol motifs (C(OH)–C–C–N with tert-alkyl or cyclic N) is 1. The Morgan fingerprint density at radius 2 is 1.82 bits per heavy atom. The number of piperazine rings is 1. The average Bonchev–Trinajstić information content (AvgIpc) is 3.02. The lowest BCUT2D eigenvalue weighted by molar-refractivity contribution is 0.0615. The van der Waals surface area contributed by atoms with Gasteiger partial charge in [0.05, 0.1) is 12.2 Å². The number of aliphatic hydroxyl groups excluding tert-OH is 1. The van der Waals surface area contributed by atoms with Crippen LogP contribution in [0.5, 0.6) is 0 Å². The van der Waals surface area contributed by atoms with Crippen LogP contribution in [-0.2, 0) is 0 Å². The molecule has 0 unspecified atom stereocenters. The van der Waals surface area contributed by atoms with Gasteiger partial charge in [0.2, 0.25) is 0 Å². The van der Waals surface area contributed by atoms with Gasteiger partial charge in [0.1, 0.15) is 11.5 Å². The highest BCUT2D eigenvalue weighted by Gasteiger charge is 2.23. The van der Waals surface area contributed by atoms with Crippen molar-refractivity contribution in [2.45, 2.75) is 20.8 Å². The number of benzene rings is 1. The van der Waals surface area contributed by atoms with Gasteiger partial charge in [-0.3, -0.25) is 14.5 Å². The van der Waals surface area contributed by atoms with Crippen LogP contribution in [0, 0.1) is 20.8 Å². The van der Waals surface area contributed by atoms with Gasteiger partial charge in [0, 0.05) is 44.0 Å². The molecule has 0 spiro atoms. The van der Waals surface area contributed by atoms with Gasteiger partial charge in [0.15, 0.2) is 0 Å². The minimum atomic E-state index is -0.250. The predicted octanol–water partition coefficient (Wildman–Crippen LogP) is 2.21. The SMILES string of the molecule is Cc1cc(C(=O)Nc2cc(C(=O)N3CCN(CCO)CC3)ccc2C)c(C)o1. The van der Waals surface area contributed by atoms with Crippen LogP contribution in [0.4, 0.5) is 5.69 Å². The Hall–Kier alpha value is -2.64. The molecule has 1 aromatic carbocycles. The first-order valence-corrected chi connectivity index (χ1v) is 9.50. The normalized spacial score (nSPS) is 14.9. The van der Waals surface area contributed by atoms with E-state index >= 15 is 0 Å². The Balaban J connectivity index is 1.72. The largest absolute Gasteiger partial charge is 0.466 e. The summed E-state index contributed by atoms with van der Waals surface area (Å²) in [7, 11) is 0. The van der Waals surface area contributed by atoms with Crippen molar-refractivity contribution < 1.29 is 19.1 Å². The molecule has 2 amide bonds. The van der Waals surface area contributed by atoms with E-state index in [1.165, 1.54) is 0 Å². The summed E-state index contributed by atoms with van der Waals surface area (Å²) in [6, 6.07) is 7.08. The van der Waals surface area contributed by atoms with Gasteiger partial charge >= 0.3 is 0 Å². The van der Waals surface area contributed by atoms with E-state index in [-0.39, 0.29) is 18.4 Å². The minimum absolute atomic E-state index is 0.0468. The lowest BCUT2D eigenvalue weighted by atomic mass is 10.1. The number of nitrogens with zero attached hydrogens (tertiary/aromatic N) is 2. The van der Waals surface area contributed by atoms with E-state index in [2.05, 4.69) is 10.2 Å². The van der Waals surface area contributed by atoms with E-state index in [9.17, 15) is 9.59 Å². The number of hydrogen-bond acceptors (Lipinski definition) is 5. The second-order valence-electron chi connectivity index (χ2n) is 7.17. The molecule has 2 aromatic rings. The second-order valence-corrected chi connectivity index (χ2v) is 7.17. The molecule has 1 saturated heterocycles. The van der Waals surface area contributed by atoms with Gasteiger partial charge < -0.3 is 19.7 Å². The fraction of sp³-hybridized carbons (Fsp3) is 0.429. The Kier molecular flexibility index (Phi) is 6.16. The third kappa shape index (κ3) is 4.43. The van der Waals surface area contributed by atoms with Crippen molar-refractivity contribution in [3.8, 4) is 0 Å². The van der Waals surface area contributed by atoms with Crippen molar-refractivity contribution in [2.24, 2.45) is 0 Å². The summed E-state index contributed by atoms with van der Waals surface area (Å²) < 4.78 is 5.43. The molecule has 0 radical (unpaired) electrons. The van der Waals surface area contributed by atoms with Gasteiger partial charge in [-0.05, 0) is 44.5 Å². The Bertz CT molecular complexity index is 867. The first-order chi connectivity index (χ1) is 13.4. The van der Waals surface area contributed by atoms with Crippen molar-refractivity contribution in [3.63, 3.8) is 0 Å². The Morgan fingerprint density at radius 3 is 2.43 bits per heavy atom. The monoisotopic (exact) mass is 385 g/mol. The van der Waals surface area contributed by atoms with Crippen molar-refractivity contribution in [1.29, 1.82) is 0 Å². The van der Waals surface area contributed by atoms with Crippen LogP contribution in [0.1, 0.15) is 37.8 Å². The van der Waals surface area contributed by atoms with E-state index in [0.29, 0.717) is 48.0 Å². The van der Waals surface area contributed by atoms with Crippen molar-refractivity contribution >= 4 is 17.5 Å². The third-order valence-corrected chi connectivity index (χ3v) is 5.09. The molecule has 0 saturated carbocycles. The van der Waals surface area contributed by atoms with Gasteiger partial charge in [0.25, 0.3) is 11.8 Å². The Morgan fingerprint density at radius 1 is 1.11 bits per heavy atom. The number of amides is 2. The fourth-order valence-electron chi connectivity index (χ4n) is 3.43. The molecule has 7 nitrogen and oxygen atoms in total. The molecule has 150 valence electrons. The standard InChI is InChI=1S/C21H27N3O4/c1-14-4-5-17(21(27)24-8-6-23(7-9-24)10-11-25)13-19(14)22-20(26)18-12-15(2)28-16(18)3/h4-5,12-13,25H,6-11H2,1-3H3,(H,22,26). The number of nitrogens with one attached hydrogen (secondary N) is 1. The van der Waals surface area contributed by atoms with Gasteiger partial charge in [-0.2, -0.15) is 0 Å². The number of anilines is 1. The highest BCUT2D eigenvalue weighted by atomic mass is 16.3. The molecular formula is C21H27N3O4. The fourth-order valence-corrected chi connectivity index (χ4v) is 3.43. The molecule has 2 heterocycles. The molecular weight excluding hydrogens is 358 g/mol. The molecule has 28 heavy (non-hydrogen) atoms. The quantitative estimate of drug-likeness (QED) is 0.824. The predicted molar refractivity (Wildman–Crippen MR) is 107 cm³/mol. The molecule has 0 aliphatic carbocycles. The number of hydrogen-bond donors (Lipinski definition) is 2. The average molecular weight is 385 g/mol. The zero-order valence-electron chi connectivity index (χ0n) is 16.6. The van der Waals surface area contributed by atoms with Crippen LogP contribution < -0.4 is 5.32 Å². The number of furan rings is 1. The highest BCUT2D eigenvalue weighted by molar-refractivity contribution is 6.06. The molecule has 0 bridgehead atoms. The van der Waals surface area contributed by atoms with Crippen LogP contribution in [0.15, 0.2) is 28.7 Å². The minimum Gasteiger partial charge on any atom is -0.466 e. The zero-order valence-corrected chi connectivity index (χ0v) is 16.6. The van der Waals surface area contributed by atoms with Crippen LogP contribution in [-0.4, -0.2) is 66.1 Å². The van der Waals surface area contributed by atoms with Crippen molar-refractivity contribution in [2.75, 3.05) is 44.6 Å². The lowest BCUT2D eigenvalue weighted by Gasteiger charge is -2.34. The number of carbonyl (C=O) groups excluding carboxylic acids is 2. The molecule has 1 fully saturated rings. The van der Waals surface area contributed by atoms with Gasteiger partial charge in [-0.15, -0.1) is 0 Å². The van der Waals surface area contributed by atoms with Gasteiger partial charge in [-0.25, -0.2) is 0 Å².